The van der Waals surface area contributed by atoms with Gasteiger partial charge in [-0.1, -0.05) is 12.1 Å². The number of nitrogens with one attached hydrogen (secondary N) is 1. The van der Waals surface area contributed by atoms with Crippen LogP contribution in [0.25, 0.3) is 0 Å². The number of carbonyl (C=O) groups excluding carboxylic acids is 2. The van der Waals surface area contributed by atoms with E-state index >= 15 is 0 Å². The maximum atomic E-state index is 11.7. The molecule has 19 heavy (non-hydrogen) atoms. The van der Waals surface area contributed by atoms with Crippen molar-refractivity contribution >= 4 is 17.6 Å². The Balaban J connectivity index is 2.16. The van der Waals surface area contributed by atoms with Gasteiger partial charge in [0.05, 0.1) is 12.8 Å². The molecule has 0 radical (unpaired) electrons. The van der Waals surface area contributed by atoms with Gasteiger partial charge in [0.25, 0.3) is 0 Å². The second kappa shape index (κ2) is 5.73. The smallest absolute Gasteiger partial charge is 0.347 e. The Kier molecular flexibility index (Phi) is 4.04. The van der Waals surface area contributed by atoms with Crippen LogP contribution in [0.4, 0.5) is 5.69 Å². The molecule has 1 atom stereocenters. The normalized spacial score (nSPS) is 15.5. The summed E-state index contributed by atoms with van der Waals surface area (Å²) in [6, 6.07) is 7.05. The summed E-state index contributed by atoms with van der Waals surface area (Å²) in [6.07, 6.45) is 1.32. The largest absolute Gasteiger partial charge is 0.476 e. The number of methoxy groups -OCH3 is 1. The minimum Gasteiger partial charge on any atom is -0.476 e. The molecule has 0 spiro atoms. The fraction of sp³-hybridized carbons (Fsp3) is 0.429. The Morgan fingerprint density at radius 3 is 2.58 bits per heavy atom. The van der Waals surface area contributed by atoms with Crippen LogP contribution in [-0.4, -0.2) is 25.1 Å². The lowest BCUT2D eigenvalue weighted by Gasteiger charge is -2.18. The summed E-state index contributed by atoms with van der Waals surface area (Å²) >= 11 is 0. The summed E-state index contributed by atoms with van der Waals surface area (Å²) in [5.41, 5.74) is 0.560. The SMILES string of the molecule is COC(=O)C(Oc1ccccc1NC(C)=O)C1CC1. The predicted octanol–water partition coefficient (Wildman–Crippen LogP) is 1.98. The summed E-state index contributed by atoms with van der Waals surface area (Å²) in [4.78, 5) is 22.8. The minimum atomic E-state index is -0.597. The summed E-state index contributed by atoms with van der Waals surface area (Å²) in [7, 11) is 1.35. The fourth-order valence-electron chi connectivity index (χ4n) is 1.85. The summed E-state index contributed by atoms with van der Waals surface area (Å²) in [5, 5.41) is 2.68. The first kappa shape index (κ1) is 13.4. The molecule has 5 nitrogen and oxygen atoms in total. The third-order valence-electron chi connectivity index (χ3n) is 2.94. The number of para-hydroxylation sites is 2. The monoisotopic (exact) mass is 263 g/mol. The van der Waals surface area contributed by atoms with Crippen LogP contribution in [0.3, 0.4) is 0 Å². The lowest BCUT2D eigenvalue weighted by Crippen LogP contribution is -2.31. The zero-order chi connectivity index (χ0) is 13.8. The van der Waals surface area contributed by atoms with Gasteiger partial charge in [0, 0.05) is 12.8 Å². The van der Waals surface area contributed by atoms with Gasteiger partial charge in [-0.25, -0.2) is 4.79 Å². The third kappa shape index (κ3) is 3.47. The molecule has 1 aliphatic carbocycles. The number of ether oxygens (including phenoxy) is 2. The average Bonchev–Trinajstić information content (AvgIpc) is 3.20. The van der Waals surface area contributed by atoms with Crippen LogP contribution in [0.2, 0.25) is 0 Å². The molecular weight excluding hydrogens is 246 g/mol. The van der Waals surface area contributed by atoms with E-state index in [0.717, 1.165) is 12.8 Å². The van der Waals surface area contributed by atoms with Gasteiger partial charge >= 0.3 is 5.97 Å². The standard InChI is InChI=1S/C14H17NO4/c1-9(16)15-11-5-3-4-6-12(11)19-13(10-7-8-10)14(17)18-2/h3-6,10,13H,7-8H2,1-2H3,(H,15,16). The van der Waals surface area contributed by atoms with Crippen LogP contribution in [0.15, 0.2) is 24.3 Å². The van der Waals surface area contributed by atoms with Crippen LogP contribution in [0.1, 0.15) is 19.8 Å². The van der Waals surface area contributed by atoms with Crippen molar-refractivity contribution in [2.75, 3.05) is 12.4 Å². The molecule has 0 aromatic heterocycles. The van der Waals surface area contributed by atoms with Crippen LogP contribution >= 0.6 is 0 Å². The first-order valence-electron chi connectivity index (χ1n) is 6.23. The minimum absolute atomic E-state index is 0.183. The molecule has 102 valence electrons. The second-order valence-corrected chi connectivity index (χ2v) is 4.58. The molecule has 1 unspecified atom stereocenters. The topological polar surface area (TPSA) is 64.6 Å². The quantitative estimate of drug-likeness (QED) is 0.825. The lowest BCUT2D eigenvalue weighted by molar-refractivity contribution is -0.149. The van der Waals surface area contributed by atoms with Crippen molar-refractivity contribution in [3.8, 4) is 5.75 Å². The molecule has 1 fully saturated rings. The predicted molar refractivity (Wildman–Crippen MR) is 69.9 cm³/mol. The summed E-state index contributed by atoms with van der Waals surface area (Å²) in [6.45, 7) is 1.43. The number of rotatable bonds is 5. The molecule has 5 heteroatoms. The molecule has 1 aliphatic rings. The summed E-state index contributed by atoms with van der Waals surface area (Å²) < 4.78 is 10.5. The maximum absolute atomic E-state index is 11.7. The Labute approximate surface area is 111 Å². The number of anilines is 1. The van der Waals surface area contributed by atoms with E-state index in [4.69, 9.17) is 9.47 Å². The van der Waals surface area contributed by atoms with Gasteiger partial charge in [0.2, 0.25) is 5.91 Å². The van der Waals surface area contributed by atoms with Crippen molar-refractivity contribution < 1.29 is 19.1 Å². The maximum Gasteiger partial charge on any atom is 0.347 e. The van der Waals surface area contributed by atoms with Gasteiger partial charge in [-0.15, -0.1) is 0 Å². The number of hydrogen-bond donors (Lipinski definition) is 1. The highest BCUT2D eigenvalue weighted by Gasteiger charge is 2.39. The Morgan fingerprint density at radius 1 is 1.32 bits per heavy atom. The number of amides is 1. The van der Waals surface area contributed by atoms with E-state index in [-0.39, 0.29) is 17.8 Å². The first-order valence-corrected chi connectivity index (χ1v) is 6.23. The molecule has 0 saturated heterocycles. The van der Waals surface area contributed by atoms with E-state index in [1.165, 1.54) is 14.0 Å². The average molecular weight is 263 g/mol. The van der Waals surface area contributed by atoms with Crippen molar-refractivity contribution in [3.05, 3.63) is 24.3 Å². The third-order valence-corrected chi connectivity index (χ3v) is 2.94. The zero-order valence-corrected chi connectivity index (χ0v) is 11.0. The molecule has 0 heterocycles. The molecule has 1 aromatic rings. The molecule has 1 aromatic carbocycles. The zero-order valence-electron chi connectivity index (χ0n) is 11.0. The van der Waals surface area contributed by atoms with Gasteiger partial charge in [-0.05, 0) is 25.0 Å². The van der Waals surface area contributed by atoms with Crippen LogP contribution in [0, 0.1) is 5.92 Å². The van der Waals surface area contributed by atoms with E-state index in [0.29, 0.717) is 11.4 Å². The van der Waals surface area contributed by atoms with Crippen LogP contribution in [-0.2, 0) is 14.3 Å². The Morgan fingerprint density at radius 2 is 2.00 bits per heavy atom. The van der Waals surface area contributed by atoms with Gasteiger partial charge in [-0.3, -0.25) is 4.79 Å². The van der Waals surface area contributed by atoms with E-state index < -0.39 is 6.10 Å². The number of benzene rings is 1. The summed E-state index contributed by atoms with van der Waals surface area (Å²) in [5.74, 6) is 0.134. The van der Waals surface area contributed by atoms with E-state index in [1.54, 1.807) is 24.3 Å². The first-order chi connectivity index (χ1) is 9.11. The van der Waals surface area contributed by atoms with Gasteiger partial charge in [-0.2, -0.15) is 0 Å². The van der Waals surface area contributed by atoms with Gasteiger partial charge in [0.1, 0.15) is 5.75 Å². The number of hydrogen-bond acceptors (Lipinski definition) is 4. The molecule has 1 saturated carbocycles. The number of esters is 1. The second-order valence-electron chi connectivity index (χ2n) is 4.58. The van der Waals surface area contributed by atoms with Crippen molar-refractivity contribution in [1.29, 1.82) is 0 Å². The van der Waals surface area contributed by atoms with Crippen molar-refractivity contribution in [2.24, 2.45) is 5.92 Å². The molecule has 0 bridgehead atoms. The Hall–Kier alpha value is -2.04. The highest BCUT2D eigenvalue weighted by atomic mass is 16.6. The lowest BCUT2D eigenvalue weighted by atomic mass is 10.2. The van der Waals surface area contributed by atoms with E-state index in [2.05, 4.69) is 5.32 Å². The van der Waals surface area contributed by atoms with Crippen LogP contribution in [0.5, 0.6) is 5.75 Å². The van der Waals surface area contributed by atoms with Crippen LogP contribution < -0.4 is 10.1 Å². The molecule has 2 rings (SSSR count). The van der Waals surface area contributed by atoms with E-state index in [9.17, 15) is 9.59 Å². The van der Waals surface area contributed by atoms with Crippen molar-refractivity contribution in [1.82, 2.24) is 0 Å². The van der Waals surface area contributed by atoms with Gasteiger partial charge < -0.3 is 14.8 Å². The number of carbonyl (C=O) groups is 2. The van der Waals surface area contributed by atoms with Gasteiger partial charge in [0.15, 0.2) is 6.10 Å². The highest BCUT2D eigenvalue weighted by Crippen LogP contribution is 2.37. The van der Waals surface area contributed by atoms with Crippen molar-refractivity contribution in [3.63, 3.8) is 0 Å². The fourth-order valence-corrected chi connectivity index (χ4v) is 1.85. The van der Waals surface area contributed by atoms with Crippen molar-refractivity contribution in [2.45, 2.75) is 25.9 Å². The molecule has 1 N–H and O–H groups in total. The molecule has 1 amide bonds. The molecular formula is C14H17NO4. The van der Waals surface area contributed by atoms with E-state index in [1.807, 2.05) is 0 Å². The molecule has 0 aliphatic heterocycles. The Bertz CT molecular complexity index is 482. The highest BCUT2D eigenvalue weighted by molar-refractivity contribution is 5.90.